The predicted octanol–water partition coefficient (Wildman–Crippen LogP) is 4.16. The second-order valence-corrected chi connectivity index (χ2v) is 9.90. The molecule has 194 valence electrons. The molecule has 0 aromatic carbocycles. The first kappa shape index (κ1) is 25.6. The first-order valence-corrected chi connectivity index (χ1v) is 12.0. The van der Waals surface area contributed by atoms with Gasteiger partial charge in [-0.1, -0.05) is 6.07 Å². The summed E-state index contributed by atoms with van der Waals surface area (Å²) in [5.74, 6) is -0.597. The van der Waals surface area contributed by atoms with Crippen LogP contribution in [0.3, 0.4) is 0 Å². The van der Waals surface area contributed by atoms with E-state index in [4.69, 9.17) is 14.2 Å². The quantitative estimate of drug-likeness (QED) is 0.516. The van der Waals surface area contributed by atoms with Crippen LogP contribution in [0.4, 0.5) is 15.0 Å². The first-order chi connectivity index (χ1) is 17.1. The number of fused-ring (bicyclic) bond motifs is 1. The van der Waals surface area contributed by atoms with Crippen molar-refractivity contribution in [1.29, 1.82) is 0 Å². The van der Waals surface area contributed by atoms with Crippen molar-refractivity contribution in [3.05, 3.63) is 36.4 Å². The van der Waals surface area contributed by atoms with Gasteiger partial charge in [-0.2, -0.15) is 14.5 Å². The fourth-order valence-electron chi connectivity index (χ4n) is 4.07. The Morgan fingerprint density at radius 3 is 2.86 bits per heavy atom. The lowest BCUT2D eigenvalue weighted by molar-refractivity contribution is 0.0206. The number of aromatic nitrogens is 4. The van der Waals surface area contributed by atoms with Gasteiger partial charge in [-0.3, -0.25) is 0 Å². The van der Waals surface area contributed by atoms with Crippen LogP contribution in [0, 0.1) is 5.82 Å². The molecule has 3 aromatic heterocycles. The van der Waals surface area contributed by atoms with Crippen LogP contribution < -0.4 is 10.1 Å². The Bertz CT molecular complexity index is 1210. The summed E-state index contributed by atoms with van der Waals surface area (Å²) in [6.07, 6.45) is 4.12. The summed E-state index contributed by atoms with van der Waals surface area (Å²) in [6.45, 7) is 8.47. The summed E-state index contributed by atoms with van der Waals surface area (Å²) < 4.78 is 33.7. The van der Waals surface area contributed by atoms with E-state index in [9.17, 15) is 4.79 Å². The van der Waals surface area contributed by atoms with Gasteiger partial charge in [-0.05, 0) is 52.7 Å². The van der Waals surface area contributed by atoms with Crippen LogP contribution in [-0.4, -0.2) is 75.1 Å². The molecule has 10 nitrogen and oxygen atoms in total. The van der Waals surface area contributed by atoms with Crippen LogP contribution in [-0.2, 0) is 9.47 Å². The number of carbonyl (C=O) groups is 1. The smallest absolute Gasteiger partial charge is 0.410 e. The van der Waals surface area contributed by atoms with Gasteiger partial charge < -0.3 is 24.4 Å². The topological polar surface area (TPSA) is 103 Å². The molecule has 0 bridgehead atoms. The highest BCUT2D eigenvalue weighted by atomic mass is 19.1. The van der Waals surface area contributed by atoms with Gasteiger partial charge in [0.2, 0.25) is 5.82 Å². The summed E-state index contributed by atoms with van der Waals surface area (Å²) in [5.41, 5.74) is 0.826. The molecule has 4 heterocycles. The van der Waals surface area contributed by atoms with Crippen LogP contribution in [0.1, 0.15) is 40.5 Å². The van der Waals surface area contributed by atoms with E-state index in [1.54, 1.807) is 29.6 Å². The molecule has 0 spiro atoms. The monoisotopic (exact) mass is 500 g/mol. The molecule has 1 aliphatic rings. The van der Waals surface area contributed by atoms with Gasteiger partial charge in [-0.25, -0.2) is 14.3 Å². The van der Waals surface area contributed by atoms with E-state index in [1.165, 1.54) is 0 Å². The third-order valence-corrected chi connectivity index (χ3v) is 5.62. The molecule has 1 fully saturated rings. The average Bonchev–Trinajstić information content (AvgIpc) is 3.25. The second kappa shape index (κ2) is 10.7. The van der Waals surface area contributed by atoms with Crippen LogP contribution in [0.25, 0.3) is 16.9 Å². The van der Waals surface area contributed by atoms with E-state index in [1.807, 2.05) is 45.2 Å². The standard InChI is InChI=1S/C25H33FN6O4/c1-16(15-34-5)35-23-20(26)22(28-17-9-8-11-31(14-17)24(33)36-25(2,3)4)29-21(30-23)18-13-27-32-12-7-6-10-19(18)32/h6-7,10,12-13,16-17H,8-9,11,14-15H2,1-5H3,(H,28,29,30)/t16-,17+/m0/s1. The van der Waals surface area contributed by atoms with E-state index < -0.39 is 17.5 Å². The number of halogens is 1. The summed E-state index contributed by atoms with van der Waals surface area (Å²) in [7, 11) is 1.55. The molecule has 1 aliphatic heterocycles. The highest BCUT2D eigenvalue weighted by molar-refractivity contribution is 5.76. The predicted molar refractivity (Wildman–Crippen MR) is 133 cm³/mol. The summed E-state index contributed by atoms with van der Waals surface area (Å²) in [5, 5.41) is 7.52. The van der Waals surface area contributed by atoms with Crippen molar-refractivity contribution in [2.24, 2.45) is 0 Å². The maximum Gasteiger partial charge on any atom is 0.410 e. The number of methoxy groups -OCH3 is 1. The fourth-order valence-corrected chi connectivity index (χ4v) is 4.07. The number of piperidine rings is 1. The number of hydrogen-bond donors (Lipinski definition) is 1. The molecule has 2 atom stereocenters. The van der Waals surface area contributed by atoms with E-state index in [2.05, 4.69) is 20.4 Å². The molecule has 1 N–H and O–H groups in total. The van der Waals surface area contributed by atoms with Crippen LogP contribution >= 0.6 is 0 Å². The number of rotatable bonds is 7. The summed E-state index contributed by atoms with van der Waals surface area (Å²) in [6, 6.07) is 5.41. The van der Waals surface area contributed by atoms with Gasteiger partial charge >= 0.3 is 6.09 Å². The molecule has 1 saturated heterocycles. The first-order valence-electron chi connectivity index (χ1n) is 12.0. The number of amides is 1. The van der Waals surface area contributed by atoms with Crippen LogP contribution in [0.15, 0.2) is 30.6 Å². The third kappa shape index (κ3) is 6.01. The van der Waals surface area contributed by atoms with E-state index in [-0.39, 0.29) is 36.3 Å². The molecular weight excluding hydrogens is 467 g/mol. The van der Waals surface area contributed by atoms with E-state index >= 15 is 4.39 Å². The third-order valence-electron chi connectivity index (χ3n) is 5.62. The van der Waals surface area contributed by atoms with Gasteiger partial charge in [0.25, 0.3) is 5.88 Å². The minimum absolute atomic E-state index is 0.00550. The zero-order chi connectivity index (χ0) is 25.9. The lowest BCUT2D eigenvalue weighted by atomic mass is 10.1. The number of carbonyl (C=O) groups excluding carboxylic acids is 1. The van der Waals surface area contributed by atoms with Gasteiger partial charge in [0, 0.05) is 32.4 Å². The Balaban J connectivity index is 1.64. The zero-order valence-electron chi connectivity index (χ0n) is 21.3. The number of hydrogen-bond acceptors (Lipinski definition) is 8. The average molecular weight is 501 g/mol. The van der Waals surface area contributed by atoms with Gasteiger partial charge in [0.15, 0.2) is 11.6 Å². The molecule has 0 unspecified atom stereocenters. The number of likely N-dealkylation sites (tertiary alicyclic amines) is 1. The Labute approximate surface area is 209 Å². The molecule has 0 aliphatic carbocycles. The second-order valence-electron chi connectivity index (χ2n) is 9.90. The lowest BCUT2D eigenvalue weighted by Gasteiger charge is -2.34. The van der Waals surface area contributed by atoms with Crippen LogP contribution in [0.2, 0.25) is 0 Å². The Morgan fingerprint density at radius 1 is 1.31 bits per heavy atom. The molecule has 0 saturated carbocycles. The lowest BCUT2D eigenvalue weighted by Crippen LogP contribution is -2.47. The minimum Gasteiger partial charge on any atom is -0.470 e. The van der Waals surface area contributed by atoms with Gasteiger partial charge in [0.05, 0.1) is 23.9 Å². The number of ether oxygens (including phenoxy) is 3. The van der Waals surface area contributed by atoms with Crippen molar-refractivity contribution in [2.45, 2.75) is 58.3 Å². The number of nitrogens with one attached hydrogen (secondary N) is 1. The number of pyridine rings is 1. The van der Waals surface area contributed by atoms with Crippen molar-refractivity contribution in [2.75, 3.05) is 32.1 Å². The molecule has 4 rings (SSSR count). The van der Waals surface area contributed by atoms with Gasteiger partial charge in [0.1, 0.15) is 11.7 Å². The normalized spacial score (nSPS) is 17.2. The molecular formula is C25H33FN6O4. The van der Waals surface area contributed by atoms with Crippen molar-refractivity contribution in [1.82, 2.24) is 24.5 Å². The van der Waals surface area contributed by atoms with Gasteiger partial charge in [-0.15, -0.1) is 0 Å². The summed E-state index contributed by atoms with van der Waals surface area (Å²) >= 11 is 0. The maximum absolute atomic E-state index is 15.6. The molecule has 1 amide bonds. The zero-order valence-corrected chi connectivity index (χ0v) is 21.3. The van der Waals surface area contributed by atoms with Crippen molar-refractivity contribution in [3.8, 4) is 17.3 Å². The molecule has 36 heavy (non-hydrogen) atoms. The number of anilines is 1. The number of nitrogens with zero attached hydrogens (tertiary/aromatic N) is 5. The highest BCUT2D eigenvalue weighted by Crippen LogP contribution is 2.30. The summed E-state index contributed by atoms with van der Waals surface area (Å²) in [4.78, 5) is 23.1. The van der Waals surface area contributed by atoms with Crippen molar-refractivity contribution < 1.29 is 23.4 Å². The van der Waals surface area contributed by atoms with Crippen molar-refractivity contribution in [3.63, 3.8) is 0 Å². The van der Waals surface area contributed by atoms with Crippen molar-refractivity contribution >= 4 is 17.4 Å². The van der Waals surface area contributed by atoms with Crippen LogP contribution in [0.5, 0.6) is 5.88 Å². The molecule has 0 radical (unpaired) electrons. The highest BCUT2D eigenvalue weighted by Gasteiger charge is 2.29. The Kier molecular flexibility index (Phi) is 7.58. The van der Waals surface area contributed by atoms with E-state index in [0.29, 0.717) is 18.7 Å². The minimum atomic E-state index is -0.701. The molecule has 3 aromatic rings. The van der Waals surface area contributed by atoms with E-state index in [0.717, 1.165) is 18.4 Å². The SMILES string of the molecule is COC[C@H](C)Oc1nc(-c2cnn3ccccc23)nc(N[C@@H]2CCCN(C(=O)OC(C)(C)C)C2)c1F. The Morgan fingerprint density at radius 2 is 2.11 bits per heavy atom. The Hall–Kier alpha value is -3.47. The fraction of sp³-hybridized carbons (Fsp3) is 0.520. The maximum atomic E-state index is 15.6. The largest absolute Gasteiger partial charge is 0.470 e. The molecule has 11 heteroatoms.